The minimum atomic E-state index is -0.714. The fourth-order valence-corrected chi connectivity index (χ4v) is 2.79. The summed E-state index contributed by atoms with van der Waals surface area (Å²) >= 11 is 6.02. The van der Waals surface area contributed by atoms with Crippen LogP contribution in [-0.2, 0) is 9.53 Å². The fraction of sp³-hybridized carbons (Fsp3) is 0.467. The van der Waals surface area contributed by atoms with Gasteiger partial charge in [-0.05, 0) is 25.1 Å². The highest BCUT2D eigenvalue weighted by Gasteiger charge is 2.30. The van der Waals surface area contributed by atoms with Gasteiger partial charge in [0.15, 0.2) is 6.04 Å². The number of benzene rings is 1. The molecule has 0 aromatic heterocycles. The van der Waals surface area contributed by atoms with Gasteiger partial charge >= 0.3 is 6.09 Å². The molecule has 0 spiro atoms. The summed E-state index contributed by atoms with van der Waals surface area (Å²) in [6.45, 7) is 5.14. The Morgan fingerprint density at radius 2 is 2.05 bits per heavy atom. The molecule has 120 valence electrons. The normalized spacial score (nSPS) is 17.0. The minimum Gasteiger partial charge on any atom is -0.453 e. The number of carbonyl (C=O) groups excluding carboxylic acids is 2. The van der Waals surface area contributed by atoms with Crippen LogP contribution in [0, 0.1) is 0 Å². The zero-order valence-corrected chi connectivity index (χ0v) is 13.5. The van der Waals surface area contributed by atoms with Crippen molar-refractivity contribution >= 4 is 29.3 Å². The number of anilines is 1. The van der Waals surface area contributed by atoms with Gasteiger partial charge in [-0.25, -0.2) is 4.79 Å². The lowest BCUT2D eigenvalue weighted by atomic mass is 10.2. The van der Waals surface area contributed by atoms with E-state index in [1.165, 1.54) is 7.11 Å². The number of methoxy groups -OCH3 is 1. The summed E-state index contributed by atoms with van der Waals surface area (Å²) in [6, 6.07) is 7.47. The molecule has 7 heteroatoms. The Morgan fingerprint density at radius 1 is 1.36 bits per heavy atom. The molecule has 2 rings (SSSR count). The molecule has 1 fully saturated rings. The number of nitrogens with zero attached hydrogens (tertiary/aromatic N) is 1. The van der Waals surface area contributed by atoms with Crippen LogP contribution in [0.3, 0.4) is 0 Å². The minimum absolute atomic E-state index is 0.291. The number of imide groups is 1. The zero-order chi connectivity index (χ0) is 16.1. The van der Waals surface area contributed by atoms with E-state index in [2.05, 4.69) is 15.0 Å². The summed E-state index contributed by atoms with van der Waals surface area (Å²) < 4.78 is 4.44. The number of hydrogen-bond acceptors (Lipinski definition) is 4. The van der Waals surface area contributed by atoms with Gasteiger partial charge in [-0.15, -0.1) is 0 Å². The molecule has 22 heavy (non-hydrogen) atoms. The molecule has 0 radical (unpaired) electrons. The van der Waals surface area contributed by atoms with Gasteiger partial charge in [-0.1, -0.05) is 17.7 Å². The number of halogens is 1. The number of piperazine rings is 1. The van der Waals surface area contributed by atoms with Gasteiger partial charge in [0.1, 0.15) is 0 Å². The Kier molecular flexibility index (Phi) is 5.63. The summed E-state index contributed by atoms with van der Waals surface area (Å²) in [5.41, 5.74) is 1.10. The molecule has 1 atom stereocenters. The lowest BCUT2D eigenvalue weighted by Gasteiger charge is -2.35. The van der Waals surface area contributed by atoms with Crippen LogP contribution in [0.25, 0.3) is 0 Å². The van der Waals surface area contributed by atoms with Crippen molar-refractivity contribution in [3.8, 4) is 0 Å². The van der Waals surface area contributed by atoms with E-state index >= 15 is 0 Å². The lowest BCUT2D eigenvalue weighted by molar-refractivity contribution is -0.914. The van der Waals surface area contributed by atoms with Crippen LogP contribution in [0.2, 0.25) is 5.02 Å². The van der Waals surface area contributed by atoms with Gasteiger partial charge in [-0.2, -0.15) is 0 Å². The van der Waals surface area contributed by atoms with Gasteiger partial charge in [0.05, 0.1) is 33.3 Å². The number of nitrogens with one attached hydrogen (secondary N) is 2. The van der Waals surface area contributed by atoms with Crippen molar-refractivity contribution in [1.29, 1.82) is 0 Å². The zero-order valence-electron chi connectivity index (χ0n) is 12.8. The van der Waals surface area contributed by atoms with Crippen molar-refractivity contribution in [3.05, 3.63) is 29.3 Å². The second-order valence-electron chi connectivity index (χ2n) is 5.33. The average Bonchev–Trinajstić information content (AvgIpc) is 2.54. The van der Waals surface area contributed by atoms with E-state index in [1.54, 1.807) is 0 Å². The van der Waals surface area contributed by atoms with Crippen molar-refractivity contribution in [2.24, 2.45) is 0 Å². The molecule has 1 saturated heterocycles. The number of carbonyl (C=O) groups is 2. The van der Waals surface area contributed by atoms with Crippen molar-refractivity contribution in [3.63, 3.8) is 0 Å². The molecule has 0 bridgehead atoms. The van der Waals surface area contributed by atoms with Crippen LogP contribution in [0.4, 0.5) is 10.5 Å². The van der Waals surface area contributed by atoms with Crippen molar-refractivity contribution in [2.75, 3.05) is 38.2 Å². The first-order valence-corrected chi connectivity index (χ1v) is 7.63. The third-order valence-corrected chi connectivity index (χ3v) is 4.23. The van der Waals surface area contributed by atoms with E-state index in [4.69, 9.17) is 11.6 Å². The second-order valence-corrected chi connectivity index (χ2v) is 5.76. The topological polar surface area (TPSA) is 63.1 Å². The lowest BCUT2D eigenvalue weighted by Crippen LogP contribution is -3.19. The number of alkyl carbamates (subject to hydrolysis) is 1. The SMILES string of the molecule is COC(=O)NC(=O)[C@H](C)[NH+]1CCN(c2cccc(Cl)c2)CC1. The quantitative estimate of drug-likeness (QED) is 0.839. The van der Waals surface area contributed by atoms with Gasteiger partial charge in [-0.3, -0.25) is 10.1 Å². The monoisotopic (exact) mass is 326 g/mol. The number of quaternary nitrogens is 1. The maximum atomic E-state index is 11.9. The Balaban J connectivity index is 1.89. The summed E-state index contributed by atoms with van der Waals surface area (Å²) in [4.78, 5) is 26.4. The molecule has 2 amide bonds. The van der Waals surface area contributed by atoms with Crippen LogP contribution in [0.5, 0.6) is 0 Å². The molecule has 2 N–H and O–H groups in total. The van der Waals surface area contributed by atoms with E-state index < -0.39 is 6.09 Å². The first-order chi connectivity index (χ1) is 10.5. The first-order valence-electron chi connectivity index (χ1n) is 7.25. The summed E-state index contributed by atoms with van der Waals surface area (Å²) in [5.74, 6) is -0.307. The molecular formula is C15H21ClN3O3+. The van der Waals surface area contributed by atoms with Crippen molar-refractivity contribution < 1.29 is 19.2 Å². The molecule has 6 nitrogen and oxygen atoms in total. The molecule has 1 aromatic carbocycles. The summed E-state index contributed by atoms with van der Waals surface area (Å²) in [6.07, 6.45) is -0.714. The Labute approximate surface area is 135 Å². The van der Waals surface area contributed by atoms with E-state index in [9.17, 15) is 9.59 Å². The summed E-state index contributed by atoms with van der Waals surface area (Å²) in [5, 5.41) is 2.95. The molecule has 1 aliphatic rings. The molecular weight excluding hydrogens is 306 g/mol. The number of ether oxygens (including phenoxy) is 1. The average molecular weight is 327 g/mol. The number of amides is 2. The van der Waals surface area contributed by atoms with Crippen LogP contribution in [0.1, 0.15) is 6.92 Å². The Bertz CT molecular complexity index is 545. The predicted molar refractivity (Wildman–Crippen MR) is 84.4 cm³/mol. The van der Waals surface area contributed by atoms with Gasteiger partial charge < -0.3 is 14.5 Å². The van der Waals surface area contributed by atoms with Crippen LogP contribution >= 0.6 is 11.6 Å². The molecule has 0 aliphatic carbocycles. The fourth-order valence-electron chi connectivity index (χ4n) is 2.60. The molecule has 1 aromatic rings. The highest BCUT2D eigenvalue weighted by atomic mass is 35.5. The maximum Gasteiger partial charge on any atom is 0.413 e. The maximum absolute atomic E-state index is 11.9. The van der Waals surface area contributed by atoms with E-state index in [0.29, 0.717) is 0 Å². The Hall–Kier alpha value is -1.79. The number of hydrogen-bond donors (Lipinski definition) is 2. The van der Waals surface area contributed by atoms with Gasteiger partial charge in [0, 0.05) is 10.7 Å². The van der Waals surface area contributed by atoms with Crippen LogP contribution in [-0.4, -0.2) is 51.3 Å². The van der Waals surface area contributed by atoms with E-state index in [1.807, 2.05) is 31.2 Å². The second kappa shape index (κ2) is 7.47. The molecule has 1 heterocycles. The third kappa shape index (κ3) is 4.11. The molecule has 0 unspecified atom stereocenters. The first kappa shape index (κ1) is 16.6. The number of rotatable bonds is 3. The largest absolute Gasteiger partial charge is 0.453 e. The third-order valence-electron chi connectivity index (χ3n) is 4.00. The van der Waals surface area contributed by atoms with Crippen molar-refractivity contribution in [1.82, 2.24) is 5.32 Å². The predicted octanol–water partition coefficient (Wildman–Crippen LogP) is 0.316. The van der Waals surface area contributed by atoms with Gasteiger partial charge in [0.2, 0.25) is 0 Å². The standard InChI is InChI=1S/C15H20ClN3O3/c1-11(14(20)17-15(21)22-2)18-6-8-19(9-7-18)13-5-3-4-12(16)10-13/h3-5,10-11H,6-9H2,1-2H3,(H,17,20,21)/p+1/t11-/m0/s1. The van der Waals surface area contributed by atoms with Gasteiger partial charge in [0.25, 0.3) is 5.91 Å². The van der Waals surface area contributed by atoms with E-state index in [-0.39, 0.29) is 11.9 Å². The van der Waals surface area contributed by atoms with Crippen LogP contribution < -0.4 is 15.1 Å². The summed E-state index contributed by atoms with van der Waals surface area (Å²) in [7, 11) is 1.24. The highest BCUT2D eigenvalue weighted by Crippen LogP contribution is 2.19. The molecule has 0 saturated carbocycles. The molecule has 1 aliphatic heterocycles. The Morgan fingerprint density at radius 3 is 2.64 bits per heavy atom. The smallest absolute Gasteiger partial charge is 0.413 e. The van der Waals surface area contributed by atoms with Crippen molar-refractivity contribution in [2.45, 2.75) is 13.0 Å². The highest BCUT2D eigenvalue weighted by molar-refractivity contribution is 6.30. The van der Waals surface area contributed by atoms with Crippen LogP contribution in [0.15, 0.2) is 24.3 Å². The van der Waals surface area contributed by atoms with E-state index in [0.717, 1.165) is 41.8 Å².